The van der Waals surface area contributed by atoms with Crippen LogP contribution in [0.1, 0.15) is 18.2 Å². The highest BCUT2D eigenvalue weighted by Crippen LogP contribution is 2.45. The highest BCUT2D eigenvalue weighted by atomic mass is 32.1. The third-order valence-corrected chi connectivity index (χ3v) is 12.6. The van der Waals surface area contributed by atoms with Gasteiger partial charge in [-0.2, -0.15) is 0 Å². The first-order chi connectivity index (χ1) is 28.3. The summed E-state index contributed by atoms with van der Waals surface area (Å²) >= 11 is 1.79. The lowest BCUT2D eigenvalue weighted by Crippen LogP contribution is -2.07. The predicted octanol–water partition coefficient (Wildman–Crippen LogP) is 13.8. The van der Waals surface area contributed by atoms with Crippen LogP contribution in [0.25, 0.3) is 104 Å². The lowest BCUT2D eigenvalue weighted by molar-refractivity contribution is 0.666. The van der Waals surface area contributed by atoms with Crippen LogP contribution in [0.4, 0.5) is 0 Å². The van der Waals surface area contributed by atoms with Gasteiger partial charge < -0.3 is 8.98 Å². The Morgan fingerprint density at radius 1 is 0.561 bits per heavy atom. The highest BCUT2D eigenvalue weighted by molar-refractivity contribution is 7.26. The first-order valence-electron chi connectivity index (χ1n) is 19.3. The number of hydrogen-bond acceptors (Lipinski definition) is 5. The van der Waals surface area contributed by atoms with Gasteiger partial charge in [0.2, 0.25) is 0 Å². The quantitative estimate of drug-likeness (QED) is 0.176. The zero-order chi connectivity index (χ0) is 37.5. The molecule has 11 aromatic rings. The Kier molecular flexibility index (Phi) is 7.16. The maximum absolute atomic E-state index is 6.88. The molecule has 1 aliphatic rings. The summed E-state index contributed by atoms with van der Waals surface area (Å²) in [5.41, 5.74) is 9.38. The van der Waals surface area contributed by atoms with Gasteiger partial charge in [0.15, 0.2) is 17.2 Å². The topological polar surface area (TPSA) is 56.7 Å². The average molecular weight is 749 g/mol. The van der Waals surface area contributed by atoms with Gasteiger partial charge in [-0.25, -0.2) is 15.0 Å². The molecule has 6 heteroatoms. The fraction of sp³-hybridized carbons (Fsp3) is 0.0392. The van der Waals surface area contributed by atoms with Gasteiger partial charge >= 0.3 is 0 Å². The minimum absolute atomic E-state index is 0.0960. The number of nitrogens with zero attached hydrogens (tertiary/aromatic N) is 4. The molecule has 7 aromatic carbocycles. The van der Waals surface area contributed by atoms with E-state index < -0.39 is 0 Å². The van der Waals surface area contributed by atoms with E-state index in [1.165, 1.54) is 31.8 Å². The van der Waals surface area contributed by atoms with Crippen molar-refractivity contribution in [2.24, 2.45) is 0 Å². The van der Waals surface area contributed by atoms with Crippen LogP contribution in [0.5, 0.6) is 0 Å². The van der Waals surface area contributed by atoms with Crippen molar-refractivity contribution in [1.29, 1.82) is 0 Å². The summed E-state index contributed by atoms with van der Waals surface area (Å²) in [6, 6.07) is 53.7. The molecule has 1 aliphatic carbocycles. The molecule has 0 saturated carbocycles. The van der Waals surface area contributed by atoms with Crippen molar-refractivity contribution in [3.8, 4) is 39.6 Å². The van der Waals surface area contributed by atoms with E-state index in [1.807, 2.05) is 18.2 Å². The SMILES string of the molecule is C1=CCC(c2nc(-c3ccccc3)nc(-c3cccc4c3sc3cccc(-c5ccc6c(c5)oc5c(-n7c8ccccc8c8ccccc87)cccc56)c34)n2)C=C1. The number of furan rings is 1. The van der Waals surface area contributed by atoms with E-state index in [-0.39, 0.29) is 5.92 Å². The van der Waals surface area contributed by atoms with Crippen LogP contribution in [0.15, 0.2) is 180 Å². The standard InChI is InChI=1S/C51H32N4OS/c1-3-14-31(15-4-1)49-52-50(32-16-5-2-6-17-32)54-51(53-49)40-23-11-22-39-46-34(20-13-27-45(46)57-48(39)40)33-28-29-37-38-21-12-26-43(47(38)56-44(37)30-33)55-41-24-9-7-18-35(41)36-19-8-10-25-42(36)55/h1-16,18-30,32H,17H2. The Bertz CT molecular complexity index is 3410. The fourth-order valence-electron chi connectivity index (χ4n) is 8.74. The van der Waals surface area contributed by atoms with Gasteiger partial charge in [0.1, 0.15) is 11.4 Å². The zero-order valence-corrected chi connectivity index (χ0v) is 31.4. The summed E-state index contributed by atoms with van der Waals surface area (Å²) in [6.07, 6.45) is 9.40. The molecular formula is C51H32N4OS. The Labute approximate surface area is 331 Å². The minimum Gasteiger partial charge on any atom is -0.454 e. The molecule has 12 rings (SSSR count). The van der Waals surface area contributed by atoms with Crippen LogP contribution in [0.3, 0.4) is 0 Å². The Morgan fingerprint density at radius 3 is 2.11 bits per heavy atom. The lowest BCUT2D eigenvalue weighted by Gasteiger charge is -2.14. The third kappa shape index (κ3) is 5.04. The largest absolute Gasteiger partial charge is 0.454 e. The van der Waals surface area contributed by atoms with Crippen LogP contribution in [-0.4, -0.2) is 19.5 Å². The Morgan fingerprint density at radius 2 is 1.28 bits per heavy atom. The van der Waals surface area contributed by atoms with Crippen LogP contribution < -0.4 is 0 Å². The molecule has 268 valence electrons. The number of para-hydroxylation sites is 3. The number of allylic oxidation sites excluding steroid dienone is 4. The predicted molar refractivity (Wildman–Crippen MR) is 236 cm³/mol. The number of hydrogen-bond donors (Lipinski definition) is 0. The van der Waals surface area contributed by atoms with E-state index in [2.05, 4.69) is 162 Å². The fourth-order valence-corrected chi connectivity index (χ4v) is 9.98. The Balaban J connectivity index is 1.02. The third-order valence-electron chi connectivity index (χ3n) is 11.4. The second-order valence-corrected chi connectivity index (χ2v) is 15.7. The van der Waals surface area contributed by atoms with Gasteiger partial charge in [-0.1, -0.05) is 133 Å². The summed E-state index contributed by atoms with van der Waals surface area (Å²) in [6.45, 7) is 0. The van der Waals surface area contributed by atoms with Gasteiger partial charge in [-0.3, -0.25) is 0 Å². The molecule has 0 saturated heterocycles. The van der Waals surface area contributed by atoms with Gasteiger partial charge in [0.05, 0.1) is 16.7 Å². The van der Waals surface area contributed by atoms with Crippen molar-refractivity contribution >= 4 is 75.3 Å². The average Bonchev–Trinajstić information content (AvgIpc) is 3.96. The zero-order valence-electron chi connectivity index (χ0n) is 30.6. The van der Waals surface area contributed by atoms with E-state index in [0.717, 1.165) is 72.3 Å². The van der Waals surface area contributed by atoms with Crippen molar-refractivity contribution in [2.45, 2.75) is 12.3 Å². The molecule has 1 unspecified atom stereocenters. The molecule has 4 aromatic heterocycles. The number of fused-ring (bicyclic) bond motifs is 9. The lowest BCUT2D eigenvalue weighted by atomic mass is 9.97. The van der Waals surface area contributed by atoms with Crippen LogP contribution in [0.2, 0.25) is 0 Å². The smallest absolute Gasteiger partial charge is 0.165 e. The molecule has 0 aliphatic heterocycles. The van der Waals surface area contributed by atoms with Gasteiger partial charge in [-0.15, -0.1) is 11.3 Å². The van der Waals surface area contributed by atoms with E-state index in [1.54, 1.807) is 11.3 Å². The normalized spacial score (nSPS) is 14.3. The highest BCUT2D eigenvalue weighted by Gasteiger charge is 2.22. The summed E-state index contributed by atoms with van der Waals surface area (Å²) in [5.74, 6) is 2.28. The first-order valence-corrected chi connectivity index (χ1v) is 20.1. The number of benzene rings is 7. The number of rotatable bonds is 5. The summed E-state index contributed by atoms with van der Waals surface area (Å²) in [5, 5.41) is 7.07. The van der Waals surface area contributed by atoms with Crippen LogP contribution in [-0.2, 0) is 0 Å². The number of thiophene rings is 1. The van der Waals surface area contributed by atoms with Gasteiger partial charge in [-0.05, 0) is 60.0 Å². The van der Waals surface area contributed by atoms with Crippen molar-refractivity contribution in [3.05, 3.63) is 182 Å². The maximum atomic E-state index is 6.88. The minimum atomic E-state index is 0.0960. The van der Waals surface area contributed by atoms with Crippen LogP contribution >= 0.6 is 11.3 Å². The molecule has 0 amide bonds. The second kappa shape index (κ2) is 12.7. The molecular weight excluding hydrogens is 717 g/mol. The van der Waals surface area contributed by atoms with Crippen molar-refractivity contribution in [1.82, 2.24) is 19.5 Å². The summed E-state index contributed by atoms with van der Waals surface area (Å²) in [7, 11) is 0. The molecule has 0 fully saturated rings. The molecule has 1 atom stereocenters. The number of aromatic nitrogens is 4. The second-order valence-electron chi connectivity index (χ2n) is 14.7. The molecule has 5 nitrogen and oxygen atoms in total. The van der Waals surface area contributed by atoms with E-state index in [9.17, 15) is 0 Å². The first kappa shape index (κ1) is 32.1. The van der Waals surface area contributed by atoms with Crippen molar-refractivity contribution < 1.29 is 4.42 Å². The van der Waals surface area contributed by atoms with Gasteiger partial charge in [0, 0.05) is 58.8 Å². The molecule has 0 radical (unpaired) electrons. The summed E-state index contributed by atoms with van der Waals surface area (Å²) < 4.78 is 11.6. The maximum Gasteiger partial charge on any atom is 0.165 e. The van der Waals surface area contributed by atoms with E-state index >= 15 is 0 Å². The van der Waals surface area contributed by atoms with Crippen molar-refractivity contribution in [2.75, 3.05) is 0 Å². The molecule has 57 heavy (non-hydrogen) atoms. The Hall–Kier alpha value is -7.15. The van der Waals surface area contributed by atoms with E-state index in [0.29, 0.717) is 11.6 Å². The molecule has 0 N–H and O–H groups in total. The monoisotopic (exact) mass is 748 g/mol. The summed E-state index contributed by atoms with van der Waals surface area (Å²) in [4.78, 5) is 15.3. The molecule has 0 spiro atoms. The van der Waals surface area contributed by atoms with Crippen molar-refractivity contribution in [3.63, 3.8) is 0 Å². The molecule has 4 heterocycles. The van der Waals surface area contributed by atoms with Crippen LogP contribution in [0, 0.1) is 0 Å². The van der Waals surface area contributed by atoms with Gasteiger partial charge in [0.25, 0.3) is 0 Å². The van der Waals surface area contributed by atoms with E-state index in [4.69, 9.17) is 19.4 Å². The molecule has 0 bridgehead atoms.